The number of hydrogen-bond acceptors (Lipinski definition) is 7. The Morgan fingerprint density at radius 2 is 1.57 bits per heavy atom. The number of allylic oxidation sites excluding steroid dienone is 2. The summed E-state index contributed by atoms with van der Waals surface area (Å²) in [6, 6.07) is 35.4. The van der Waals surface area contributed by atoms with Crippen LogP contribution in [0.3, 0.4) is 0 Å². The number of methoxy groups -OCH3 is 1. The molecule has 3 N–H and O–H groups in total. The van der Waals surface area contributed by atoms with Crippen LogP contribution in [-0.4, -0.2) is 24.7 Å². The fourth-order valence-electron chi connectivity index (χ4n) is 4.84. The maximum absolute atomic E-state index is 13.7. The van der Waals surface area contributed by atoms with Gasteiger partial charge in [-0.2, -0.15) is 5.26 Å². The first-order valence-electron chi connectivity index (χ1n) is 13.8. The van der Waals surface area contributed by atoms with E-state index in [2.05, 4.69) is 22.0 Å². The predicted octanol–water partition coefficient (Wildman–Crippen LogP) is 7.19. The summed E-state index contributed by atoms with van der Waals surface area (Å²) >= 11 is 1.21. The van der Waals surface area contributed by atoms with Crippen LogP contribution in [0.25, 0.3) is 0 Å². The van der Waals surface area contributed by atoms with Crippen molar-refractivity contribution in [3.63, 3.8) is 0 Å². The van der Waals surface area contributed by atoms with E-state index in [9.17, 15) is 14.9 Å². The van der Waals surface area contributed by atoms with Crippen molar-refractivity contribution < 1.29 is 19.1 Å². The number of anilines is 2. The number of nitrogens with zero attached hydrogens (tertiary/aromatic N) is 1. The summed E-state index contributed by atoms with van der Waals surface area (Å²) in [5.41, 5.74) is 3.23. The van der Waals surface area contributed by atoms with Crippen molar-refractivity contribution in [2.24, 2.45) is 0 Å². The van der Waals surface area contributed by atoms with Crippen LogP contribution in [0.1, 0.15) is 18.4 Å². The van der Waals surface area contributed by atoms with E-state index in [-0.39, 0.29) is 17.6 Å². The third-order valence-electron chi connectivity index (χ3n) is 6.82. The van der Waals surface area contributed by atoms with E-state index in [1.807, 2.05) is 72.8 Å². The van der Waals surface area contributed by atoms with Gasteiger partial charge in [-0.3, -0.25) is 9.59 Å². The van der Waals surface area contributed by atoms with Gasteiger partial charge in [0.05, 0.1) is 41.1 Å². The van der Waals surface area contributed by atoms with Crippen LogP contribution in [-0.2, 0) is 9.59 Å². The Bertz CT molecular complexity index is 1760. The van der Waals surface area contributed by atoms with E-state index in [4.69, 9.17) is 9.47 Å². The monoisotopic (exact) mass is 602 g/mol. The van der Waals surface area contributed by atoms with Crippen molar-refractivity contribution in [1.29, 1.82) is 5.26 Å². The highest BCUT2D eigenvalue weighted by molar-refractivity contribution is 8.03. The molecule has 1 aliphatic rings. The molecule has 1 heterocycles. The molecule has 1 atom stereocenters. The smallest absolute Gasteiger partial charge is 0.254 e. The lowest BCUT2D eigenvalue weighted by Gasteiger charge is -2.30. The standard InChI is InChI=1S/C35H30N4O4S/c1-23-32(34(41)39-29-18-9-10-19-30(29)42-2)33(24-12-5-3-6-13-24)28(21-36)35(37-23)44-22-31(40)38-25-14-11-17-27(20-25)43-26-15-7-4-8-16-26/h3-20,33,37H,22H2,1-2H3,(H,38,40)(H,39,41). The van der Waals surface area contributed by atoms with E-state index in [1.54, 1.807) is 43.3 Å². The molecular formula is C35H30N4O4S. The van der Waals surface area contributed by atoms with Crippen LogP contribution in [0.2, 0.25) is 0 Å². The van der Waals surface area contributed by atoms with Gasteiger partial charge in [0.25, 0.3) is 5.91 Å². The number of hydrogen-bond donors (Lipinski definition) is 3. The highest BCUT2D eigenvalue weighted by atomic mass is 32.2. The molecule has 0 fully saturated rings. The molecule has 220 valence electrons. The van der Waals surface area contributed by atoms with E-state index < -0.39 is 5.92 Å². The third-order valence-corrected chi connectivity index (χ3v) is 7.84. The van der Waals surface area contributed by atoms with Crippen molar-refractivity contribution in [3.05, 3.63) is 137 Å². The minimum Gasteiger partial charge on any atom is -0.495 e. The van der Waals surface area contributed by atoms with Crippen molar-refractivity contribution in [3.8, 4) is 23.3 Å². The van der Waals surface area contributed by atoms with Gasteiger partial charge in [-0.05, 0) is 48.9 Å². The number of nitrogens with one attached hydrogen (secondary N) is 3. The number of rotatable bonds is 10. The Labute approximate surface area is 260 Å². The summed E-state index contributed by atoms with van der Waals surface area (Å²) in [6.07, 6.45) is 0. The maximum Gasteiger partial charge on any atom is 0.254 e. The summed E-state index contributed by atoms with van der Waals surface area (Å²) in [5, 5.41) is 19.9. The average molecular weight is 603 g/mol. The fraction of sp³-hybridized carbons (Fsp3) is 0.114. The van der Waals surface area contributed by atoms with Crippen LogP contribution < -0.4 is 25.4 Å². The highest BCUT2D eigenvalue weighted by Gasteiger charge is 2.35. The van der Waals surface area contributed by atoms with Crippen molar-refractivity contribution in [1.82, 2.24) is 5.32 Å². The molecule has 4 aromatic rings. The Balaban J connectivity index is 1.34. The van der Waals surface area contributed by atoms with Crippen LogP contribution in [0, 0.1) is 11.3 Å². The zero-order valence-electron chi connectivity index (χ0n) is 24.2. The third kappa shape index (κ3) is 7.12. The molecular weight excluding hydrogens is 572 g/mol. The number of carbonyl (C=O) groups is 2. The van der Waals surface area contributed by atoms with Gasteiger partial charge in [0, 0.05) is 23.0 Å². The summed E-state index contributed by atoms with van der Waals surface area (Å²) in [7, 11) is 1.54. The predicted molar refractivity (Wildman–Crippen MR) is 173 cm³/mol. The molecule has 9 heteroatoms. The van der Waals surface area contributed by atoms with Gasteiger partial charge in [-0.15, -0.1) is 0 Å². The molecule has 0 aromatic heterocycles. The zero-order valence-corrected chi connectivity index (χ0v) is 25.0. The number of benzene rings is 4. The summed E-state index contributed by atoms with van der Waals surface area (Å²) < 4.78 is 11.3. The lowest BCUT2D eigenvalue weighted by atomic mass is 9.82. The summed E-state index contributed by atoms with van der Waals surface area (Å²) in [4.78, 5) is 26.7. The molecule has 2 amide bonds. The zero-order chi connectivity index (χ0) is 30.9. The number of nitriles is 1. The molecule has 1 unspecified atom stereocenters. The fourth-order valence-corrected chi connectivity index (χ4v) is 5.73. The topological polar surface area (TPSA) is 112 Å². The first-order chi connectivity index (χ1) is 21.5. The second kappa shape index (κ2) is 14.1. The molecule has 44 heavy (non-hydrogen) atoms. The minimum atomic E-state index is -0.644. The second-order valence-electron chi connectivity index (χ2n) is 9.80. The highest BCUT2D eigenvalue weighted by Crippen LogP contribution is 2.41. The Morgan fingerprint density at radius 3 is 2.30 bits per heavy atom. The van der Waals surface area contributed by atoms with E-state index in [0.717, 1.165) is 5.56 Å². The number of amides is 2. The van der Waals surface area contributed by atoms with Gasteiger partial charge in [-0.25, -0.2) is 0 Å². The number of dihydropyridines is 1. The van der Waals surface area contributed by atoms with E-state index >= 15 is 0 Å². The lowest BCUT2D eigenvalue weighted by Crippen LogP contribution is -2.31. The van der Waals surface area contributed by atoms with Crippen LogP contribution in [0.4, 0.5) is 11.4 Å². The second-order valence-corrected chi connectivity index (χ2v) is 10.8. The largest absolute Gasteiger partial charge is 0.495 e. The Kier molecular flexibility index (Phi) is 9.64. The molecule has 0 saturated carbocycles. The first-order valence-corrected chi connectivity index (χ1v) is 14.8. The van der Waals surface area contributed by atoms with Crippen LogP contribution >= 0.6 is 11.8 Å². The molecule has 0 bridgehead atoms. The average Bonchev–Trinajstić information content (AvgIpc) is 3.04. The Morgan fingerprint density at radius 1 is 0.886 bits per heavy atom. The SMILES string of the molecule is COc1ccccc1NC(=O)C1=C(C)NC(SCC(=O)Nc2cccc(Oc3ccccc3)c2)=C(C#N)C1c1ccccc1. The van der Waals surface area contributed by atoms with Gasteiger partial charge in [0.2, 0.25) is 5.91 Å². The van der Waals surface area contributed by atoms with Crippen molar-refractivity contribution in [2.45, 2.75) is 12.8 Å². The van der Waals surface area contributed by atoms with E-state index in [1.165, 1.54) is 18.9 Å². The number of thioether (sulfide) groups is 1. The van der Waals surface area contributed by atoms with Crippen molar-refractivity contribution >= 4 is 35.0 Å². The molecule has 0 aliphatic carbocycles. The minimum absolute atomic E-state index is 0.0365. The Hall–Kier alpha value is -5.46. The normalized spacial score (nSPS) is 14.2. The van der Waals surface area contributed by atoms with Crippen molar-refractivity contribution in [2.75, 3.05) is 23.5 Å². The van der Waals surface area contributed by atoms with Gasteiger partial charge >= 0.3 is 0 Å². The number of para-hydroxylation sites is 3. The lowest BCUT2D eigenvalue weighted by molar-refractivity contribution is -0.114. The van der Waals surface area contributed by atoms with E-state index in [0.29, 0.717) is 50.5 Å². The summed E-state index contributed by atoms with van der Waals surface area (Å²) in [5.74, 6) is 0.587. The molecule has 4 aromatic carbocycles. The molecule has 0 radical (unpaired) electrons. The van der Waals surface area contributed by atoms with Gasteiger partial charge in [-0.1, -0.05) is 78.5 Å². The first kappa shape index (κ1) is 30.0. The quantitative estimate of drug-likeness (QED) is 0.176. The molecule has 1 aliphatic heterocycles. The molecule has 5 rings (SSSR count). The molecule has 8 nitrogen and oxygen atoms in total. The number of ether oxygens (including phenoxy) is 2. The maximum atomic E-state index is 13.7. The van der Waals surface area contributed by atoms with Gasteiger partial charge in [0.1, 0.15) is 17.2 Å². The van der Waals surface area contributed by atoms with Gasteiger partial charge < -0.3 is 25.4 Å². The van der Waals surface area contributed by atoms with Gasteiger partial charge in [0.15, 0.2) is 0 Å². The number of carbonyl (C=O) groups excluding carboxylic acids is 2. The summed E-state index contributed by atoms with van der Waals surface area (Å²) in [6.45, 7) is 1.79. The van der Waals surface area contributed by atoms with Crippen LogP contribution in [0.5, 0.6) is 17.2 Å². The molecule has 0 spiro atoms. The molecule has 0 saturated heterocycles. The van der Waals surface area contributed by atoms with Crippen LogP contribution in [0.15, 0.2) is 131 Å².